The van der Waals surface area contributed by atoms with Crippen molar-refractivity contribution in [2.75, 3.05) is 13.2 Å². The van der Waals surface area contributed by atoms with Gasteiger partial charge in [-0.3, -0.25) is 9.59 Å². The Kier molecular flexibility index (Phi) is 7.47. The summed E-state index contributed by atoms with van der Waals surface area (Å²) in [5.41, 5.74) is 4.66. The van der Waals surface area contributed by atoms with Crippen molar-refractivity contribution in [3.63, 3.8) is 0 Å². The molecule has 0 radical (unpaired) electrons. The quantitative estimate of drug-likeness (QED) is 0.522. The fourth-order valence-electron chi connectivity index (χ4n) is 4.64. The lowest BCUT2D eigenvalue weighted by Gasteiger charge is -2.18. The predicted octanol–water partition coefficient (Wildman–Crippen LogP) is 3.44. The van der Waals surface area contributed by atoms with Crippen LogP contribution in [0.5, 0.6) is 0 Å². The summed E-state index contributed by atoms with van der Waals surface area (Å²) in [7, 11) is 0. The molecule has 8 heteroatoms. The van der Waals surface area contributed by atoms with E-state index in [2.05, 4.69) is 34.9 Å². The Morgan fingerprint density at radius 3 is 2.35 bits per heavy atom. The van der Waals surface area contributed by atoms with Crippen LogP contribution in [0.4, 0.5) is 4.79 Å². The van der Waals surface area contributed by atoms with E-state index in [0.717, 1.165) is 11.1 Å². The third-order valence-corrected chi connectivity index (χ3v) is 6.40. The van der Waals surface area contributed by atoms with Crippen LogP contribution < -0.4 is 10.6 Å². The number of rotatable bonds is 9. The second-order valence-corrected chi connectivity index (χ2v) is 8.87. The smallest absolute Gasteiger partial charge is 0.407 e. The number of amides is 2. The van der Waals surface area contributed by atoms with E-state index in [1.54, 1.807) is 6.92 Å². The number of alkyl carbamates (subject to hydrolysis) is 1. The van der Waals surface area contributed by atoms with Crippen LogP contribution >= 0.6 is 0 Å². The molecule has 1 aliphatic heterocycles. The number of carbonyl (C=O) groups is 3. The molecular formula is C26H30N2O6. The molecule has 180 valence electrons. The van der Waals surface area contributed by atoms with Crippen LogP contribution in [-0.4, -0.2) is 54.5 Å². The maximum Gasteiger partial charge on any atom is 0.407 e. The molecule has 2 aromatic carbocycles. The third-order valence-electron chi connectivity index (χ3n) is 6.40. The lowest BCUT2D eigenvalue weighted by Crippen LogP contribution is -2.41. The van der Waals surface area contributed by atoms with Gasteiger partial charge < -0.3 is 25.2 Å². The van der Waals surface area contributed by atoms with Gasteiger partial charge in [-0.1, -0.05) is 48.5 Å². The van der Waals surface area contributed by atoms with Gasteiger partial charge in [-0.15, -0.1) is 0 Å². The van der Waals surface area contributed by atoms with Gasteiger partial charge in [-0.05, 0) is 48.4 Å². The number of fused-ring (bicyclic) bond motifs is 3. The molecule has 1 heterocycles. The van der Waals surface area contributed by atoms with Crippen molar-refractivity contribution in [3.05, 3.63) is 59.7 Å². The number of aliphatic carboxylic acids is 1. The fraction of sp³-hybridized carbons (Fsp3) is 0.423. The average molecular weight is 467 g/mol. The number of carbonyl (C=O) groups excluding carboxylic acids is 2. The van der Waals surface area contributed by atoms with Gasteiger partial charge >= 0.3 is 12.1 Å². The first kappa shape index (κ1) is 23.8. The molecule has 3 atom stereocenters. The van der Waals surface area contributed by atoms with Crippen LogP contribution in [0.15, 0.2) is 48.5 Å². The summed E-state index contributed by atoms with van der Waals surface area (Å²) in [5, 5.41) is 14.3. The molecule has 2 amide bonds. The molecular weight excluding hydrogens is 436 g/mol. The van der Waals surface area contributed by atoms with Crippen LogP contribution in [0, 0.1) is 0 Å². The van der Waals surface area contributed by atoms with E-state index in [1.165, 1.54) is 11.1 Å². The van der Waals surface area contributed by atoms with Crippen molar-refractivity contribution >= 4 is 18.0 Å². The zero-order valence-corrected chi connectivity index (χ0v) is 19.2. The van der Waals surface area contributed by atoms with Crippen LogP contribution in [0.2, 0.25) is 0 Å². The Morgan fingerprint density at radius 2 is 1.71 bits per heavy atom. The molecule has 3 unspecified atom stereocenters. The molecule has 2 aromatic rings. The zero-order chi connectivity index (χ0) is 24.1. The number of hydrogen-bond acceptors (Lipinski definition) is 5. The first-order valence-electron chi connectivity index (χ1n) is 11.7. The van der Waals surface area contributed by atoms with E-state index in [4.69, 9.17) is 14.6 Å². The van der Waals surface area contributed by atoms with Gasteiger partial charge in [0.15, 0.2) is 0 Å². The number of benzene rings is 2. The van der Waals surface area contributed by atoms with Gasteiger partial charge in [0.2, 0.25) is 5.91 Å². The number of carboxylic acids is 1. The second-order valence-electron chi connectivity index (χ2n) is 8.87. The van der Waals surface area contributed by atoms with Crippen LogP contribution in [0.25, 0.3) is 11.1 Å². The van der Waals surface area contributed by atoms with E-state index in [1.807, 2.05) is 24.3 Å². The van der Waals surface area contributed by atoms with Gasteiger partial charge in [0, 0.05) is 24.9 Å². The highest BCUT2D eigenvalue weighted by Crippen LogP contribution is 2.44. The molecule has 1 saturated heterocycles. The van der Waals surface area contributed by atoms with Crippen LogP contribution in [0.3, 0.4) is 0 Å². The van der Waals surface area contributed by atoms with E-state index < -0.39 is 18.2 Å². The number of nitrogens with one attached hydrogen (secondary N) is 2. The Balaban J connectivity index is 1.21. The largest absolute Gasteiger partial charge is 0.481 e. The molecule has 0 saturated carbocycles. The van der Waals surface area contributed by atoms with Crippen molar-refractivity contribution < 1.29 is 29.0 Å². The summed E-state index contributed by atoms with van der Waals surface area (Å²) in [6.45, 7) is 2.27. The highest BCUT2D eigenvalue weighted by Gasteiger charge is 2.32. The van der Waals surface area contributed by atoms with Crippen LogP contribution in [0.1, 0.15) is 49.7 Å². The van der Waals surface area contributed by atoms with Crippen molar-refractivity contribution in [2.45, 2.75) is 56.8 Å². The predicted molar refractivity (Wildman–Crippen MR) is 125 cm³/mol. The number of carboxylic acid groups (broad SMARTS) is 1. The van der Waals surface area contributed by atoms with Crippen LogP contribution in [-0.2, 0) is 19.1 Å². The third kappa shape index (κ3) is 5.56. The first-order chi connectivity index (χ1) is 16.4. The average Bonchev–Trinajstić information content (AvgIpc) is 3.43. The van der Waals surface area contributed by atoms with E-state index in [9.17, 15) is 14.4 Å². The van der Waals surface area contributed by atoms with Crippen molar-refractivity contribution in [2.24, 2.45) is 0 Å². The highest BCUT2D eigenvalue weighted by atomic mass is 16.5. The molecule has 34 heavy (non-hydrogen) atoms. The number of ether oxygens (including phenoxy) is 2. The summed E-state index contributed by atoms with van der Waals surface area (Å²) >= 11 is 0. The first-order valence-corrected chi connectivity index (χ1v) is 11.7. The maximum atomic E-state index is 12.4. The Morgan fingerprint density at radius 1 is 1.06 bits per heavy atom. The summed E-state index contributed by atoms with van der Waals surface area (Å²) in [5.74, 6) is -1.14. The minimum Gasteiger partial charge on any atom is -0.481 e. The zero-order valence-electron chi connectivity index (χ0n) is 19.2. The van der Waals surface area contributed by atoms with Gasteiger partial charge in [0.05, 0.1) is 6.10 Å². The molecule has 0 spiro atoms. The van der Waals surface area contributed by atoms with E-state index in [0.29, 0.717) is 19.3 Å². The van der Waals surface area contributed by atoms with E-state index in [-0.39, 0.29) is 43.5 Å². The molecule has 0 aromatic heterocycles. The Hall–Kier alpha value is -3.39. The lowest BCUT2D eigenvalue weighted by molar-refractivity contribution is -0.138. The Labute approximate surface area is 198 Å². The molecule has 4 rings (SSSR count). The monoisotopic (exact) mass is 466 g/mol. The molecule has 3 N–H and O–H groups in total. The molecule has 1 aliphatic carbocycles. The standard InChI is InChI=1S/C26H30N2O6/c1-16(10-13-24(29)30)28-25(31)23-12-11-17(34-23)14-27-26(32)33-15-22-20-8-4-2-6-18(20)19-7-3-5-9-21(19)22/h2-9,16-17,22-23H,10-15H2,1H3,(H,27,32)(H,28,31)(H,29,30). The second kappa shape index (κ2) is 10.7. The van der Waals surface area contributed by atoms with Gasteiger partial charge in [-0.2, -0.15) is 0 Å². The van der Waals surface area contributed by atoms with Gasteiger partial charge in [0.25, 0.3) is 0 Å². The van der Waals surface area contributed by atoms with Crippen molar-refractivity contribution in [1.82, 2.24) is 10.6 Å². The summed E-state index contributed by atoms with van der Waals surface area (Å²) in [4.78, 5) is 35.4. The number of hydrogen-bond donors (Lipinski definition) is 3. The van der Waals surface area contributed by atoms with Crippen molar-refractivity contribution in [1.29, 1.82) is 0 Å². The van der Waals surface area contributed by atoms with Gasteiger partial charge in [0.1, 0.15) is 12.7 Å². The summed E-state index contributed by atoms with van der Waals surface area (Å²) in [6.07, 6.45) is 0.174. The molecule has 2 aliphatic rings. The minimum atomic E-state index is -0.891. The van der Waals surface area contributed by atoms with Crippen molar-refractivity contribution in [3.8, 4) is 11.1 Å². The Bertz CT molecular complexity index is 1010. The summed E-state index contributed by atoms with van der Waals surface area (Å²) in [6, 6.07) is 16.1. The summed E-state index contributed by atoms with van der Waals surface area (Å²) < 4.78 is 11.3. The fourth-order valence-corrected chi connectivity index (χ4v) is 4.64. The topological polar surface area (TPSA) is 114 Å². The lowest BCUT2D eigenvalue weighted by atomic mass is 9.98. The van der Waals surface area contributed by atoms with Gasteiger partial charge in [-0.25, -0.2) is 4.79 Å². The molecule has 8 nitrogen and oxygen atoms in total. The molecule has 1 fully saturated rings. The SMILES string of the molecule is CC(CCC(=O)O)NC(=O)C1CCC(CNC(=O)OCC2c3ccccc3-c3ccccc32)O1. The highest BCUT2D eigenvalue weighted by molar-refractivity contribution is 5.81. The van der Waals surface area contributed by atoms with E-state index >= 15 is 0 Å². The maximum absolute atomic E-state index is 12.4. The molecule has 0 bridgehead atoms. The normalized spacial score (nSPS) is 19.7. The minimum absolute atomic E-state index is 0.000343.